The van der Waals surface area contributed by atoms with Crippen LogP contribution in [0.5, 0.6) is 0 Å². The largest absolute Gasteiger partial charge is 0.411 e. The molecular formula is C30H56N2O12. The van der Waals surface area contributed by atoms with Crippen LogP contribution >= 0.6 is 0 Å². The molecular weight excluding hydrogens is 580 g/mol. The Bertz CT molecular complexity index is 658. The van der Waals surface area contributed by atoms with Gasteiger partial charge in [-0.05, 0) is 12.8 Å². The van der Waals surface area contributed by atoms with Crippen LogP contribution in [0, 0.1) is 0 Å². The highest BCUT2D eigenvalue weighted by molar-refractivity contribution is 5.56. The lowest BCUT2D eigenvalue weighted by atomic mass is 10.4. The molecule has 0 aliphatic heterocycles. The van der Waals surface area contributed by atoms with E-state index in [9.17, 15) is 0 Å². The average molecular weight is 637 g/mol. The van der Waals surface area contributed by atoms with Crippen LogP contribution in [0.1, 0.15) is 25.7 Å². The van der Waals surface area contributed by atoms with Gasteiger partial charge in [0.2, 0.25) is 0 Å². The summed E-state index contributed by atoms with van der Waals surface area (Å²) < 4.78 is 56.6. The van der Waals surface area contributed by atoms with Crippen LogP contribution in [0.2, 0.25) is 0 Å². The van der Waals surface area contributed by atoms with E-state index in [0.717, 1.165) is 12.8 Å². The smallest absolute Gasteiger partial charge is 0.104 e. The predicted molar refractivity (Wildman–Crippen MR) is 165 cm³/mol. The van der Waals surface area contributed by atoms with Crippen molar-refractivity contribution in [2.45, 2.75) is 37.9 Å². The van der Waals surface area contributed by atoms with Crippen molar-refractivity contribution in [1.82, 2.24) is 0 Å². The molecule has 0 spiro atoms. The standard InChI is InChI=1S/C30H56N2O12/c1-3-5-11-35-15-17-39-25-29(43-23-21-36-12-6-4-2)27-41-19-20-42-28-30(44-24-22-38-14-8-10-32-34)26-40-18-16-37-13-7-9-31-33/h3-4,9-10,29-30,33-34H,1-2,5-8,11-28H2/b31-9-,32-10-. The van der Waals surface area contributed by atoms with Gasteiger partial charge in [-0.15, -0.1) is 23.5 Å². The first-order valence-corrected chi connectivity index (χ1v) is 15.2. The highest BCUT2D eigenvalue weighted by atomic mass is 16.6. The molecule has 0 saturated heterocycles. The summed E-state index contributed by atoms with van der Waals surface area (Å²) in [6.07, 6.45) is 8.46. The quantitative estimate of drug-likeness (QED) is 0.0338. The Kier molecular flexibility index (Phi) is 35.5. The lowest BCUT2D eigenvalue weighted by molar-refractivity contribution is -0.0956. The van der Waals surface area contributed by atoms with Crippen molar-refractivity contribution in [3.8, 4) is 0 Å². The normalized spacial score (nSPS) is 13.2. The molecule has 258 valence electrons. The van der Waals surface area contributed by atoms with Gasteiger partial charge >= 0.3 is 0 Å². The van der Waals surface area contributed by atoms with Crippen LogP contribution in [0.15, 0.2) is 35.6 Å². The third-order valence-corrected chi connectivity index (χ3v) is 5.37. The van der Waals surface area contributed by atoms with Gasteiger partial charge in [-0.25, -0.2) is 0 Å². The second-order valence-electron chi connectivity index (χ2n) is 9.06. The van der Waals surface area contributed by atoms with Crippen LogP contribution in [0.4, 0.5) is 0 Å². The summed E-state index contributed by atoms with van der Waals surface area (Å²) in [5.41, 5.74) is 0. The predicted octanol–water partition coefficient (Wildman–Crippen LogP) is 2.74. The Morgan fingerprint density at radius 3 is 1.02 bits per heavy atom. The van der Waals surface area contributed by atoms with Crippen LogP contribution in [-0.4, -0.2) is 154 Å². The van der Waals surface area contributed by atoms with Gasteiger partial charge in [0.15, 0.2) is 0 Å². The van der Waals surface area contributed by atoms with Crippen molar-refractivity contribution in [3.05, 3.63) is 25.3 Å². The summed E-state index contributed by atoms with van der Waals surface area (Å²) in [6, 6.07) is 0. The molecule has 44 heavy (non-hydrogen) atoms. The Hall–Kier alpha value is -1.98. The van der Waals surface area contributed by atoms with Crippen molar-refractivity contribution in [3.63, 3.8) is 0 Å². The minimum atomic E-state index is -0.307. The van der Waals surface area contributed by atoms with E-state index in [1.54, 1.807) is 0 Å². The number of rotatable bonds is 37. The van der Waals surface area contributed by atoms with Gasteiger partial charge in [0.05, 0.1) is 119 Å². The fraction of sp³-hybridized carbons (Fsp3) is 0.800. The fourth-order valence-electron chi connectivity index (χ4n) is 3.18. The van der Waals surface area contributed by atoms with Crippen molar-refractivity contribution in [2.24, 2.45) is 10.3 Å². The van der Waals surface area contributed by atoms with Crippen molar-refractivity contribution >= 4 is 12.4 Å². The zero-order valence-corrected chi connectivity index (χ0v) is 26.3. The Labute approximate surface area is 262 Å². The summed E-state index contributed by atoms with van der Waals surface area (Å²) in [5, 5.41) is 22.7. The van der Waals surface area contributed by atoms with E-state index in [0.29, 0.717) is 132 Å². The van der Waals surface area contributed by atoms with Crippen molar-refractivity contribution in [1.29, 1.82) is 0 Å². The van der Waals surface area contributed by atoms with Gasteiger partial charge < -0.3 is 57.8 Å². The van der Waals surface area contributed by atoms with Gasteiger partial charge in [0.1, 0.15) is 12.2 Å². The molecule has 0 saturated carbocycles. The maximum Gasteiger partial charge on any atom is 0.104 e. The first kappa shape index (κ1) is 42.0. The van der Waals surface area contributed by atoms with Crippen LogP contribution in [-0.2, 0) is 47.4 Å². The van der Waals surface area contributed by atoms with Gasteiger partial charge in [-0.1, -0.05) is 12.2 Å². The minimum Gasteiger partial charge on any atom is -0.411 e. The monoisotopic (exact) mass is 636 g/mol. The SMILES string of the molecule is C=CCCOCCOCC(COCCOCC(COCCOCC/C=N\O)OCCOCC/C=N\O)OCCOCCC=C. The minimum absolute atomic E-state index is 0.252. The molecule has 0 heterocycles. The van der Waals surface area contributed by atoms with Crippen molar-refractivity contribution in [2.75, 3.05) is 119 Å². The average Bonchev–Trinajstić information content (AvgIpc) is 3.03. The van der Waals surface area contributed by atoms with E-state index in [-0.39, 0.29) is 12.2 Å². The van der Waals surface area contributed by atoms with Crippen LogP contribution in [0.25, 0.3) is 0 Å². The molecule has 0 aromatic rings. The molecule has 14 heteroatoms. The maximum absolute atomic E-state index is 8.42. The molecule has 0 fully saturated rings. The fourth-order valence-corrected chi connectivity index (χ4v) is 3.18. The Balaban J connectivity index is 4.34. The van der Waals surface area contributed by atoms with E-state index in [2.05, 4.69) is 23.5 Å². The third-order valence-electron chi connectivity index (χ3n) is 5.37. The summed E-state index contributed by atoms with van der Waals surface area (Å²) >= 11 is 0. The molecule has 0 bridgehead atoms. The molecule has 2 atom stereocenters. The Morgan fingerprint density at radius 2 is 0.705 bits per heavy atom. The second-order valence-corrected chi connectivity index (χ2v) is 9.06. The summed E-state index contributed by atoms with van der Waals surface area (Å²) in [4.78, 5) is 0. The maximum atomic E-state index is 8.42. The van der Waals surface area contributed by atoms with Crippen LogP contribution in [0.3, 0.4) is 0 Å². The van der Waals surface area contributed by atoms with E-state index in [1.807, 2.05) is 12.2 Å². The summed E-state index contributed by atoms with van der Waals surface area (Å²) in [6.45, 7) is 15.0. The number of hydrogen-bond acceptors (Lipinski definition) is 14. The number of ether oxygens (including phenoxy) is 10. The topological polar surface area (TPSA) is 157 Å². The molecule has 0 aromatic heterocycles. The summed E-state index contributed by atoms with van der Waals surface area (Å²) in [5.74, 6) is 0. The van der Waals surface area contributed by atoms with Gasteiger partial charge in [-0.3, -0.25) is 0 Å². The zero-order valence-electron chi connectivity index (χ0n) is 26.3. The zero-order chi connectivity index (χ0) is 32.0. The second kappa shape index (κ2) is 37.2. The van der Waals surface area contributed by atoms with Crippen LogP contribution < -0.4 is 0 Å². The molecule has 2 N–H and O–H groups in total. The molecule has 0 rings (SSSR count). The van der Waals surface area contributed by atoms with Crippen molar-refractivity contribution < 1.29 is 57.8 Å². The molecule has 0 aromatic carbocycles. The highest BCUT2D eigenvalue weighted by Gasteiger charge is 2.12. The molecule has 0 radical (unpaired) electrons. The van der Waals surface area contributed by atoms with Gasteiger partial charge in [-0.2, -0.15) is 0 Å². The number of oxime groups is 2. The first-order valence-electron chi connectivity index (χ1n) is 15.2. The third kappa shape index (κ3) is 32.9. The molecule has 0 aliphatic rings. The van der Waals surface area contributed by atoms with E-state index in [4.69, 9.17) is 57.8 Å². The lowest BCUT2D eigenvalue weighted by Crippen LogP contribution is -2.30. The number of hydrogen-bond donors (Lipinski definition) is 2. The van der Waals surface area contributed by atoms with E-state index in [1.165, 1.54) is 12.4 Å². The van der Waals surface area contributed by atoms with E-state index < -0.39 is 0 Å². The molecule has 2 unspecified atom stereocenters. The summed E-state index contributed by atoms with van der Waals surface area (Å²) in [7, 11) is 0. The molecule has 14 nitrogen and oxygen atoms in total. The molecule has 0 amide bonds. The number of nitrogens with zero attached hydrogens (tertiary/aromatic N) is 2. The van der Waals surface area contributed by atoms with Gasteiger partial charge in [0, 0.05) is 25.3 Å². The Morgan fingerprint density at radius 1 is 0.409 bits per heavy atom. The highest BCUT2D eigenvalue weighted by Crippen LogP contribution is 2.00. The molecule has 0 aliphatic carbocycles. The van der Waals surface area contributed by atoms with Gasteiger partial charge in [0.25, 0.3) is 0 Å². The lowest BCUT2D eigenvalue weighted by Gasteiger charge is -2.20. The first-order chi connectivity index (χ1) is 21.8. The van der Waals surface area contributed by atoms with E-state index >= 15 is 0 Å².